The van der Waals surface area contributed by atoms with Crippen molar-refractivity contribution in [3.8, 4) is 27.6 Å². The zero-order valence-electron chi connectivity index (χ0n) is 15.2. The van der Waals surface area contributed by atoms with E-state index in [1.54, 1.807) is 7.11 Å². The standard InChI is InChI=1S/C20H16BrN5OS/c1-26(20-25-24-19(28-20)14-3-7-15(21)8-4-14)18-12-11-17(22-23-18)13-5-9-16(27-2)10-6-13/h3-12H,1-2H3. The second-order valence-corrected chi connectivity index (χ2v) is 7.83. The number of aromatic nitrogens is 4. The third-order valence-electron chi connectivity index (χ3n) is 4.17. The first-order valence-electron chi connectivity index (χ1n) is 8.45. The van der Waals surface area contributed by atoms with Crippen LogP contribution >= 0.6 is 27.3 Å². The molecule has 8 heteroatoms. The van der Waals surface area contributed by atoms with Gasteiger partial charge in [-0.3, -0.25) is 0 Å². The minimum absolute atomic E-state index is 0.704. The second-order valence-electron chi connectivity index (χ2n) is 5.96. The lowest BCUT2D eigenvalue weighted by molar-refractivity contribution is 0.415. The number of halogens is 1. The van der Waals surface area contributed by atoms with Crippen molar-refractivity contribution >= 4 is 38.2 Å². The number of nitrogens with zero attached hydrogens (tertiary/aromatic N) is 5. The maximum absolute atomic E-state index is 5.19. The minimum Gasteiger partial charge on any atom is -0.497 e. The first-order valence-corrected chi connectivity index (χ1v) is 10.1. The van der Waals surface area contributed by atoms with E-state index in [1.165, 1.54) is 11.3 Å². The molecule has 4 aromatic rings. The predicted octanol–water partition coefficient (Wildman–Crippen LogP) is 5.20. The number of benzene rings is 2. The van der Waals surface area contributed by atoms with Gasteiger partial charge in [-0.15, -0.1) is 20.4 Å². The van der Waals surface area contributed by atoms with Crippen LogP contribution in [0.5, 0.6) is 5.75 Å². The Hall–Kier alpha value is -2.84. The summed E-state index contributed by atoms with van der Waals surface area (Å²) in [6, 6.07) is 19.6. The molecule has 0 saturated carbocycles. The van der Waals surface area contributed by atoms with E-state index in [1.807, 2.05) is 72.6 Å². The Morgan fingerprint density at radius 2 is 1.54 bits per heavy atom. The molecule has 0 spiro atoms. The van der Waals surface area contributed by atoms with Gasteiger partial charge in [-0.1, -0.05) is 39.4 Å². The highest BCUT2D eigenvalue weighted by Gasteiger charge is 2.14. The molecule has 0 aliphatic rings. The van der Waals surface area contributed by atoms with Gasteiger partial charge in [0.05, 0.1) is 12.8 Å². The van der Waals surface area contributed by atoms with E-state index in [-0.39, 0.29) is 0 Å². The fraction of sp³-hybridized carbons (Fsp3) is 0.100. The largest absolute Gasteiger partial charge is 0.497 e. The van der Waals surface area contributed by atoms with Crippen LogP contribution in [-0.2, 0) is 0 Å². The fourth-order valence-electron chi connectivity index (χ4n) is 2.58. The van der Waals surface area contributed by atoms with Gasteiger partial charge in [0.2, 0.25) is 5.13 Å². The molecular formula is C20H16BrN5OS. The summed E-state index contributed by atoms with van der Waals surface area (Å²) in [7, 11) is 3.55. The third-order valence-corrected chi connectivity index (χ3v) is 5.75. The number of rotatable bonds is 5. The summed E-state index contributed by atoms with van der Waals surface area (Å²) >= 11 is 4.95. The molecule has 4 rings (SSSR count). The molecular weight excluding hydrogens is 438 g/mol. The quantitative estimate of drug-likeness (QED) is 0.413. The first-order chi connectivity index (χ1) is 13.6. The number of methoxy groups -OCH3 is 1. The Kier molecular flexibility index (Phi) is 5.31. The van der Waals surface area contributed by atoms with Gasteiger partial charge in [-0.05, 0) is 48.5 Å². The Balaban J connectivity index is 1.53. The van der Waals surface area contributed by atoms with Crippen LogP contribution in [0.4, 0.5) is 10.9 Å². The number of ether oxygens (including phenoxy) is 1. The van der Waals surface area contributed by atoms with E-state index in [0.29, 0.717) is 5.82 Å². The molecule has 0 N–H and O–H groups in total. The normalized spacial score (nSPS) is 10.7. The Morgan fingerprint density at radius 3 is 2.18 bits per heavy atom. The first kappa shape index (κ1) is 18.5. The average molecular weight is 454 g/mol. The molecule has 0 saturated heterocycles. The highest BCUT2D eigenvalue weighted by atomic mass is 79.9. The van der Waals surface area contributed by atoms with Crippen LogP contribution in [0.25, 0.3) is 21.8 Å². The maximum atomic E-state index is 5.19. The van der Waals surface area contributed by atoms with E-state index in [2.05, 4.69) is 36.3 Å². The maximum Gasteiger partial charge on any atom is 0.214 e. The highest BCUT2D eigenvalue weighted by Crippen LogP contribution is 2.32. The molecule has 0 fully saturated rings. The molecule has 0 amide bonds. The van der Waals surface area contributed by atoms with E-state index in [9.17, 15) is 0 Å². The van der Waals surface area contributed by atoms with Crippen LogP contribution in [0.2, 0.25) is 0 Å². The molecule has 0 atom stereocenters. The lowest BCUT2D eigenvalue weighted by atomic mass is 10.1. The molecule has 0 unspecified atom stereocenters. The van der Waals surface area contributed by atoms with Crippen molar-refractivity contribution in [3.63, 3.8) is 0 Å². The molecule has 0 aliphatic carbocycles. The highest BCUT2D eigenvalue weighted by molar-refractivity contribution is 9.10. The van der Waals surface area contributed by atoms with Crippen molar-refractivity contribution in [1.29, 1.82) is 0 Å². The molecule has 2 aromatic carbocycles. The Labute approximate surface area is 175 Å². The summed E-state index contributed by atoms with van der Waals surface area (Å²) in [4.78, 5) is 1.88. The topological polar surface area (TPSA) is 64.0 Å². The van der Waals surface area contributed by atoms with Crippen molar-refractivity contribution in [1.82, 2.24) is 20.4 Å². The summed E-state index contributed by atoms with van der Waals surface area (Å²) < 4.78 is 6.22. The third kappa shape index (κ3) is 3.88. The predicted molar refractivity (Wildman–Crippen MR) is 115 cm³/mol. The summed E-state index contributed by atoms with van der Waals surface area (Å²) in [5.41, 5.74) is 2.81. The number of hydrogen-bond acceptors (Lipinski definition) is 7. The Morgan fingerprint density at radius 1 is 0.821 bits per heavy atom. The van der Waals surface area contributed by atoms with Crippen LogP contribution in [0.1, 0.15) is 0 Å². The van der Waals surface area contributed by atoms with E-state index < -0.39 is 0 Å². The van der Waals surface area contributed by atoms with Crippen LogP contribution in [-0.4, -0.2) is 34.6 Å². The zero-order valence-corrected chi connectivity index (χ0v) is 17.6. The van der Waals surface area contributed by atoms with Crippen LogP contribution < -0.4 is 9.64 Å². The van der Waals surface area contributed by atoms with Crippen LogP contribution in [0.3, 0.4) is 0 Å². The van der Waals surface area contributed by atoms with E-state index >= 15 is 0 Å². The lowest BCUT2D eigenvalue weighted by Gasteiger charge is -2.13. The van der Waals surface area contributed by atoms with Gasteiger partial charge in [0, 0.05) is 22.6 Å². The van der Waals surface area contributed by atoms with Gasteiger partial charge < -0.3 is 9.64 Å². The average Bonchev–Trinajstić information content (AvgIpc) is 3.24. The number of anilines is 2. The minimum atomic E-state index is 0.704. The van der Waals surface area contributed by atoms with Gasteiger partial charge in [0.25, 0.3) is 0 Å². The van der Waals surface area contributed by atoms with Crippen molar-refractivity contribution in [3.05, 3.63) is 65.1 Å². The van der Waals surface area contributed by atoms with Crippen molar-refractivity contribution in [2.45, 2.75) is 0 Å². The van der Waals surface area contributed by atoms with Crippen molar-refractivity contribution in [2.75, 3.05) is 19.1 Å². The molecule has 0 radical (unpaired) electrons. The zero-order chi connectivity index (χ0) is 19.5. The Bertz CT molecular complexity index is 1070. The van der Waals surface area contributed by atoms with Gasteiger partial charge in [-0.2, -0.15) is 0 Å². The van der Waals surface area contributed by atoms with Crippen molar-refractivity contribution in [2.24, 2.45) is 0 Å². The molecule has 0 aliphatic heterocycles. The molecule has 6 nitrogen and oxygen atoms in total. The van der Waals surface area contributed by atoms with E-state index in [4.69, 9.17) is 4.74 Å². The molecule has 0 bridgehead atoms. The second kappa shape index (κ2) is 8.04. The summed E-state index contributed by atoms with van der Waals surface area (Å²) in [6.45, 7) is 0. The van der Waals surface area contributed by atoms with Gasteiger partial charge in [0.15, 0.2) is 5.82 Å². The van der Waals surface area contributed by atoms with Crippen LogP contribution in [0.15, 0.2) is 65.1 Å². The lowest BCUT2D eigenvalue weighted by Crippen LogP contribution is -2.11. The summed E-state index contributed by atoms with van der Waals surface area (Å²) in [5, 5.41) is 18.9. The smallest absolute Gasteiger partial charge is 0.214 e. The molecule has 2 heterocycles. The van der Waals surface area contributed by atoms with Crippen LogP contribution in [0, 0.1) is 0 Å². The SMILES string of the molecule is COc1ccc(-c2ccc(N(C)c3nnc(-c4ccc(Br)cc4)s3)nn2)cc1. The molecule has 2 aromatic heterocycles. The number of hydrogen-bond donors (Lipinski definition) is 0. The molecule has 140 valence electrons. The molecule has 28 heavy (non-hydrogen) atoms. The van der Waals surface area contributed by atoms with E-state index in [0.717, 1.165) is 37.2 Å². The fourth-order valence-corrected chi connectivity index (χ4v) is 3.66. The summed E-state index contributed by atoms with van der Waals surface area (Å²) in [5.74, 6) is 1.52. The summed E-state index contributed by atoms with van der Waals surface area (Å²) in [6.07, 6.45) is 0. The van der Waals surface area contributed by atoms with Gasteiger partial charge in [0.1, 0.15) is 10.8 Å². The van der Waals surface area contributed by atoms with Gasteiger partial charge >= 0.3 is 0 Å². The van der Waals surface area contributed by atoms with Crippen molar-refractivity contribution < 1.29 is 4.74 Å². The monoisotopic (exact) mass is 453 g/mol. The van der Waals surface area contributed by atoms with Gasteiger partial charge in [-0.25, -0.2) is 0 Å².